The molecular weight excluding hydrogens is 450 g/mol. The van der Waals surface area contributed by atoms with Crippen LogP contribution in [0.2, 0.25) is 0 Å². The molecule has 1 aliphatic rings. The maximum absolute atomic E-state index is 13.0. The van der Waals surface area contributed by atoms with Gasteiger partial charge < -0.3 is 14.9 Å². The van der Waals surface area contributed by atoms with Gasteiger partial charge in [-0.2, -0.15) is 0 Å². The molecule has 0 amide bonds. The molecule has 0 radical (unpaired) electrons. The van der Waals surface area contributed by atoms with Gasteiger partial charge in [0, 0.05) is 37.6 Å². The second-order valence-electron chi connectivity index (χ2n) is 8.41. The van der Waals surface area contributed by atoms with E-state index in [9.17, 15) is 18.3 Å². The Morgan fingerprint density at radius 3 is 2.18 bits per heavy atom. The molecule has 1 saturated heterocycles. The van der Waals surface area contributed by atoms with Crippen molar-refractivity contribution in [1.82, 2.24) is 0 Å². The van der Waals surface area contributed by atoms with E-state index >= 15 is 0 Å². The molecule has 7 nitrogen and oxygen atoms in total. The van der Waals surface area contributed by atoms with E-state index in [1.807, 2.05) is 6.92 Å². The Bertz CT molecular complexity index is 1300. The fraction of sp³-hybridized carbons (Fsp3) is 0.269. The highest BCUT2D eigenvalue weighted by Gasteiger charge is 2.23. The Morgan fingerprint density at radius 2 is 1.56 bits per heavy atom. The van der Waals surface area contributed by atoms with Gasteiger partial charge in [0.2, 0.25) is 0 Å². The van der Waals surface area contributed by atoms with E-state index in [1.165, 1.54) is 23.4 Å². The maximum Gasteiger partial charge on any atom is 0.337 e. The van der Waals surface area contributed by atoms with Crippen LogP contribution in [-0.4, -0.2) is 45.7 Å². The van der Waals surface area contributed by atoms with Gasteiger partial charge in [-0.1, -0.05) is 37.3 Å². The quantitative estimate of drug-likeness (QED) is 0.523. The van der Waals surface area contributed by atoms with Crippen molar-refractivity contribution in [1.29, 1.82) is 0 Å². The highest BCUT2D eigenvalue weighted by Crippen LogP contribution is 2.28. The van der Waals surface area contributed by atoms with E-state index in [4.69, 9.17) is 0 Å². The summed E-state index contributed by atoms with van der Waals surface area (Å²) in [5, 5.41) is 9.81. The van der Waals surface area contributed by atoms with Crippen LogP contribution in [0, 0.1) is 6.92 Å². The van der Waals surface area contributed by atoms with E-state index in [0.29, 0.717) is 12.0 Å². The summed E-state index contributed by atoms with van der Waals surface area (Å²) in [6.07, 6.45) is 0.552. The lowest BCUT2D eigenvalue weighted by atomic mass is 10.1. The van der Waals surface area contributed by atoms with Crippen LogP contribution >= 0.6 is 0 Å². The van der Waals surface area contributed by atoms with Crippen molar-refractivity contribution >= 4 is 33.1 Å². The molecule has 0 unspecified atom stereocenters. The van der Waals surface area contributed by atoms with Crippen LogP contribution in [0.15, 0.2) is 71.6 Å². The first-order valence-corrected chi connectivity index (χ1v) is 12.8. The van der Waals surface area contributed by atoms with Gasteiger partial charge in [-0.25, -0.2) is 13.2 Å². The second kappa shape index (κ2) is 9.77. The number of carboxylic acid groups (broad SMARTS) is 1. The van der Waals surface area contributed by atoms with Gasteiger partial charge in [-0.3, -0.25) is 4.72 Å². The largest absolute Gasteiger partial charge is 0.478 e. The zero-order chi connectivity index (χ0) is 24.3. The van der Waals surface area contributed by atoms with Gasteiger partial charge in [-0.05, 0) is 60.9 Å². The minimum atomic E-state index is -3.92. The van der Waals surface area contributed by atoms with Crippen LogP contribution in [0.25, 0.3) is 0 Å². The average Bonchev–Trinajstić information content (AvgIpc) is 2.84. The minimum absolute atomic E-state index is 0.0561. The molecule has 0 saturated carbocycles. The van der Waals surface area contributed by atoms with Gasteiger partial charge in [0.25, 0.3) is 10.0 Å². The van der Waals surface area contributed by atoms with Gasteiger partial charge in [0.05, 0.1) is 16.1 Å². The zero-order valence-electron chi connectivity index (χ0n) is 19.4. The summed E-state index contributed by atoms with van der Waals surface area (Å²) in [5.41, 5.74) is 3.82. The Kier molecular flexibility index (Phi) is 6.79. The van der Waals surface area contributed by atoms with Gasteiger partial charge in [0.1, 0.15) is 0 Å². The molecule has 34 heavy (non-hydrogen) atoms. The van der Waals surface area contributed by atoms with Crippen LogP contribution in [0.5, 0.6) is 0 Å². The number of piperazine rings is 1. The first-order valence-electron chi connectivity index (χ1n) is 11.3. The van der Waals surface area contributed by atoms with Crippen molar-refractivity contribution in [2.24, 2.45) is 0 Å². The number of carboxylic acids is 1. The van der Waals surface area contributed by atoms with E-state index in [2.05, 4.69) is 45.7 Å². The van der Waals surface area contributed by atoms with Crippen molar-refractivity contribution in [2.45, 2.75) is 25.2 Å². The molecule has 4 rings (SSSR count). The number of sulfonamides is 1. The van der Waals surface area contributed by atoms with E-state index < -0.39 is 16.0 Å². The molecule has 0 aliphatic carbocycles. The first kappa shape index (κ1) is 23.6. The standard InChI is InChI=1S/C26H29N3O4S/c1-3-20-8-4-5-10-25(20)34(32,33)27-24-12-11-22(18-23(24)26(30)31)29-15-13-28(14-16-29)21-9-6-7-19(2)17-21/h4-12,17-18,27H,3,13-16H2,1-2H3,(H,30,31). The van der Waals surface area contributed by atoms with Crippen LogP contribution in [0.1, 0.15) is 28.4 Å². The Hall–Kier alpha value is -3.52. The lowest BCUT2D eigenvalue weighted by molar-refractivity contribution is 0.0698. The number of hydrogen-bond donors (Lipinski definition) is 2. The number of aromatic carboxylic acids is 1. The minimum Gasteiger partial charge on any atom is -0.478 e. The molecule has 0 atom stereocenters. The molecule has 1 heterocycles. The molecule has 178 valence electrons. The van der Waals surface area contributed by atoms with Crippen LogP contribution in [0.4, 0.5) is 17.1 Å². The predicted molar refractivity (Wildman–Crippen MR) is 136 cm³/mol. The summed E-state index contributed by atoms with van der Waals surface area (Å²) in [6, 6.07) is 20.0. The SMILES string of the molecule is CCc1ccccc1S(=O)(=O)Nc1ccc(N2CCN(c3cccc(C)c3)CC2)cc1C(=O)O. The van der Waals surface area contributed by atoms with Crippen molar-refractivity contribution in [3.05, 3.63) is 83.4 Å². The summed E-state index contributed by atoms with van der Waals surface area (Å²) in [5.74, 6) is -1.18. The molecule has 8 heteroatoms. The molecule has 2 N–H and O–H groups in total. The summed E-state index contributed by atoms with van der Waals surface area (Å²) < 4.78 is 28.5. The van der Waals surface area contributed by atoms with Crippen LogP contribution in [-0.2, 0) is 16.4 Å². The lowest BCUT2D eigenvalue weighted by Crippen LogP contribution is -2.46. The number of nitrogens with one attached hydrogen (secondary N) is 1. The van der Waals surface area contributed by atoms with Crippen molar-refractivity contribution < 1.29 is 18.3 Å². The topological polar surface area (TPSA) is 90.0 Å². The van der Waals surface area contributed by atoms with E-state index in [1.54, 1.807) is 30.3 Å². The first-order chi connectivity index (χ1) is 16.3. The van der Waals surface area contributed by atoms with Crippen LogP contribution < -0.4 is 14.5 Å². The number of anilines is 3. The number of hydrogen-bond acceptors (Lipinski definition) is 5. The number of nitrogens with zero attached hydrogens (tertiary/aromatic N) is 2. The maximum atomic E-state index is 13.0. The third-order valence-electron chi connectivity index (χ3n) is 6.13. The van der Waals surface area contributed by atoms with E-state index in [0.717, 1.165) is 31.9 Å². The normalized spacial score (nSPS) is 14.2. The Morgan fingerprint density at radius 1 is 0.912 bits per heavy atom. The monoisotopic (exact) mass is 479 g/mol. The highest BCUT2D eigenvalue weighted by atomic mass is 32.2. The second-order valence-corrected chi connectivity index (χ2v) is 10.1. The fourth-order valence-corrected chi connectivity index (χ4v) is 5.69. The third kappa shape index (κ3) is 5.02. The molecule has 0 spiro atoms. The van der Waals surface area contributed by atoms with E-state index in [-0.39, 0.29) is 16.1 Å². The van der Waals surface area contributed by atoms with Gasteiger partial charge >= 0.3 is 5.97 Å². The number of benzene rings is 3. The molecule has 0 bridgehead atoms. The highest BCUT2D eigenvalue weighted by molar-refractivity contribution is 7.92. The molecule has 0 aromatic heterocycles. The number of rotatable bonds is 7. The van der Waals surface area contributed by atoms with Gasteiger partial charge in [0.15, 0.2) is 0 Å². The molecule has 1 fully saturated rings. The summed E-state index contributed by atoms with van der Waals surface area (Å²) >= 11 is 0. The average molecular weight is 480 g/mol. The summed E-state index contributed by atoms with van der Waals surface area (Å²) in [7, 11) is -3.92. The number of carbonyl (C=O) groups is 1. The summed E-state index contributed by atoms with van der Waals surface area (Å²) in [4.78, 5) is 16.6. The lowest BCUT2D eigenvalue weighted by Gasteiger charge is -2.37. The van der Waals surface area contributed by atoms with Crippen molar-refractivity contribution in [3.63, 3.8) is 0 Å². The predicted octanol–water partition coefficient (Wildman–Crippen LogP) is 4.38. The van der Waals surface area contributed by atoms with Crippen LogP contribution in [0.3, 0.4) is 0 Å². The summed E-state index contributed by atoms with van der Waals surface area (Å²) in [6.45, 7) is 7.06. The molecular formula is C26H29N3O4S. The van der Waals surface area contributed by atoms with Crippen molar-refractivity contribution in [3.8, 4) is 0 Å². The van der Waals surface area contributed by atoms with Gasteiger partial charge in [-0.15, -0.1) is 0 Å². The Labute approximate surface area is 200 Å². The molecule has 3 aromatic rings. The third-order valence-corrected chi connectivity index (χ3v) is 7.60. The Balaban J connectivity index is 1.54. The fourth-order valence-electron chi connectivity index (χ4n) is 4.30. The van der Waals surface area contributed by atoms with Crippen molar-refractivity contribution in [2.75, 3.05) is 40.7 Å². The zero-order valence-corrected chi connectivity index (χ0v) is 20.2. The molecule has 3 aromatic carbocycles. The number of aryl methyl sites for hydroxylation is 2. The smallest absolute Gasteiger partial charge is 0.337 e. The molecule has 1 aliphatic heterocycles.